The van der Waals surface area contributed by atoms with Crippen molar-refractivity contribution >= 4 is 12.0 Å². The standard InChI is InChI=1S/C19H20FN7O2/c1-13(17-24-16(25-29-17)14-3-5-15(20)6-4-14)23-19(28)27-11-9-26(10-12-27)18-21-7-2-8-22-18/h2-8,13H,9-12H2,1H3,(H,23,28). The summed E-state index contributed by atoms with van der Waals surface area (Å²) in [6.45, 7) is 4.19. The molecule has 1 aliphatic rings. The molecule has 3 aromatic rings. The Kier molecular flexibility index (Phi) is 5.32. The van der Waals surface area contributed by atoms with Gasteiger partial charge in [-0.3, -0.25) is 0 Å². The zero-order valence-corrected chi connectivity index (χ0v) is 15.8. The maximum absolute atomic E-state index is 13.1. The summed E-state index contributed by atoms with van der Waals surface area (Å²) in [5.74, 6) is 0.962. The Balaban J connectivity index is 1.32. The van der Waals surface area contributed by atoms with Crippen molar-refractivity contribution in [3.63, 3.8) is 0 Å². The number of urea groups is 1. The fraction of sp³-hybridized carbons (Fsp3) is 0.316. The van der Waals surface area contributed by atoms with Gasteiger partial charge in [0.15, 0.2) is 0 Å². The summed E-state index contributed by atoms with van der Waals surface area (Å²) in [5.41, 5.74) is 0.638. The summed E-state index contributed by atoms with van der Waals surface area (Å²) >= 11 is 0. The Bertz CT molecular complexity index is 956. The number of aromatic nitrogens is 4. The Morgan fingerprint density at radius 1 is 1.14 bits per heavy atom. The van der Waals surface area contributed by atoms with E-state index in [9.17, 15) is 9.18 Å². The minimum absolute atomic E-state index is 0.201. The van der Waals surface area contributed by atoms with Crippen LogP contribution >= 0.6 is 0 Å². The second-order valence-corrected chi connectivity index (χ2v) is 6.66. The average Bonchev–Trinajstić information content (AvgIpc) is 3.25. The van der Waals surface area contributed by atoms with Gasteiger partial charge in [0.1, 0.15) is 11.9 Å². The third-order valence-electron chi connectivity index (χ3n) is 4.66. The lowest BCUT2D eigenvalue weighted by atomic mass is 10.2. The van der Waals surface area contributed by atoms with Crippen LogP contribution in [0.4, 0.5) is 15.1 Å². The molecular formula is C19H20FN7O2. The summed E-state index contributed by atoms with van der Waals surface area (Å²) in [6, 6.07) is 6.92. The molecule has 2 aromatic heterocycles. The first kappa shape index (κ1) is 18.8. The Labute approximate surface area is 166 Å². The molecule has 4 rings (SSSR count). The van der Waals surface area contributed by atoms with Gasteiger partial charge in [-0.05, 0) is 37.3 Å². The smallest absolute Gasteiger partial charge is 0.318 e. The summed E-state index contributed by atoms with van der Waals surface area (Å²) in [4.78, 5) is 29.1. The molecule has 0 bridgehead atoms. The largest absolute Gasteiger partial charge is 0.337 e. The minimum Gasteiger partial charge on any atom is -0.337 e. The SMILES string of the molecule is CC(NC(=O)N1CCN(c2ncccn2)CC1)c1nc(-c2ccc(F)cc2)no1. The second-order valence-electron chi connectivity index (χ2n) is 6.66. The van der Waals surface area contributed by atoms with Crippen molar-refractivity contribution in [3.8, 4) is 11.4 Å². The predicted molar refractivity (Wildman–Crippen MR) is 102 cm³/mol. The molecule has 29 heavy (non-hydrogen) atoms. The van der Waals surface area contributed by atoms with Crippen LogP contribution in [-0.4, -0.2) is 57.2 Å². The molecule has 0 radical (unpaired) electrons. The number of anilines is 1. The summed E-state index contributed by atoms with van der Waals surface area (Å²) in [6.07, 6.45) is 3.40. The zero-order chi connectivity index (χ0) is 20.2. The lowest BCUT2D eigenvalue weighted by Crippen LogP contribution is -2.52. The van der Waals surface area contributed by atoms with Crippen LogP contribution in [0.15, 0.2) is 47.2 Å². The lowest BCUT2D eigenvalue weighted by molar-refractivity contribution is 0.188. The van der Waals surface area contributed by atoms with Crippen LogP contribution in [-0.2, 0) is 0 Å². The molecule has 1 aliphatic heterocycles. The minimum atomic E-state index is -0.459. The predicted octanol–water partition coefficient (Wildman–Crippen LogP) is 2.26. The van der Waals surface area contributed by atoms with Gasteiger partial charge in [-0.15, -0.1) is 0 Å². The van der Waals surface area contributed by atoms with E-state index in [1.165, 1.54) is 12.1 Å². The molecule has 1 aromatic carbocycles. The van der Waals surface area contributed by atoms with E-state index in [-0.39, 0.29) is 17.7 Å². The van der Waals surface area contributed by atoms with E-state index in [0.717, 1.165) is 0 Å². The first-order chi connectivity index (χ1) is 14.1. The molecule has 0 spiro atoms. The van der Waals surface area contributed by atoms with Crippen molar-refractivity contribution in [2.75, 3.05) is 31.1 Å². The number of rotatable bonds is 4. The van der Waals surface area contributed by atoms with Crippen LogP contribution in [0.1, 0.15) is 18.9 Å². The maximum atomic E-state index is 13.1. The van der Waals surface area contributed by atoms with Gasteiger partial charge < -0.3 is 19.6 Å². The Morgan fingerprint density at radius 3 is 2.52 bits per heavy atom. The molecule has 1 N–H and O–H groups in total. The van der Waals surface area contributed by atoms with E-state index in [2.05, 4.69) is 25.4 Å². The van der Waals surface area contributed by atoms with Gasteiger partial charge in [-0.2, -0.15) is 4.98 Å². The second kappa shape index (κ2) is 8.21. The number of carbonyl (C=O) groups excluding carboxylic acids is 1. The van der Waals surface area contributed by atoms with Crippen molar-refractivity contribution < 1.29 is 13.7 Å². The number of nitrogens with zero attached hydrogens (tertiary/aromatic N) is 6. The van der Waals surface area contributed by atoms with Crippen molar-refractivity contribution in [3.05, 3.63) is 54.4 Å². The molecule has 3 heterocycles. The summed E-state index contributed by atoms with van der Waals surface area (Å²) in [7, 11) is 0. The van der Waals surface area contributed by atoms with Gasteiger partial charge in [0.05, 0.1) is 0 Å². The van der Waals surface area contributed by atoms with Crippen molar-refractivity contribution in [2.45, 2.75) is 13.0 Å². The molecule has 1 fully saturated rings. The number of amides is 2. The fourth-order valence-corrected chi connectivity index (χ4v) is 3.03. The highest BCUT2D eigenvalue weighted by Gasteiger charge is 2.25. The van der Waals surface area contributed by atoms with E-state index in [1.807, 2.05) is 4.90 Å². The fourth-order valence-electron chi connectivity index (χ4n) is 3.03. The van der Waals surface area contributed by atoms with Crippen LogP contribution in [0.2, 0.25) is 0 Å². The molecule has 0 aliphatic carbocycles. The third kappa shape index (κ3) is 4.31. The van der Waals surface area contributed by atoms with Gasteiger partial charge in [0.25, 0.3) is 0 Å². The highest BCUT2D eigenvalue weighted by Crippen LogP contribution is 2.19. The topological polar surface area (TPSA) is 100 Å². The normalized spacial score (nSPS) is 15.2. The number of carbonyl (C=O) groups is 1. The molecule has 1 unspecified atom stereocenters. The molecule has 9 nitrogen and oxygen atoms in total. The summed E-state index contributed by atoms with van der Waals surface area (Å²) < 4.78 is 18.3. The van der Waals surface area contributed by atoms with E-state index in [1.54, 1.807) is 42.4 Å². The summed E-state index contributed by atoms with van der Waals surface area (Å²) in [5, 5.41) is 6.78. The van der Waals surface area contributed by atoms with Crippen molar-refractivity contribution in [1.82, 2.24) is 30.3 Å². The Hall–Kier alpha value is -3.56. The molecule has 1 atom stereocenters. The first-order valence-electron chi connectivity index (χ1n) is 9.27. The van der Waals surface area contributed by atoms with E-state index >= 15 is 0 Å². The number of hydrogen-bond acceptors (Lipinski definition) is 7. The van der Waals surface area contributed by atoms with E-state index < -0.39 is 6.04 Å². The van der Waals surface area contributed by atoms with Gasteiger partial charge in [-0.25, -0.2) is 19.2 Å². The quantitative estimate of drug-likeness (QED) is 0.721. The van der Waals surface area contributed by atoms with Gasteiger partial charge in [0.2, 0.25) is 17.7 Å². The molecule has 10 heteroatoms. The number of benzene rings is 1. The molecule has 150 valence electrons. The van der Waals surface area contributed by atoms with Gasteiger partial charge in [0, 0.05) is 44.1 Å². The van der Waals surface area contributed by atoms with E-state index in [0.29, 0.717) is 43.5 Å². The van der Waals surface area contributed by atoms with Crippen LogP contribution in [0.5, 0.6) is 0 Å². The van der Waals surface area contributed by atoms with Crippen molar-refractivity contribution in [2.24, 2.45) is 0 Å². The van der Waals surface area contributed by atoms with Crippen LogP contribution < -0.4 is 10.2 Å². The molecular weight excluding hydrogens is 377 g/mol. The maximum Gasteiger partial charge on any atom is 0.318 e. The lowest BCUT2D eigenvalue weighted by Gasteiger charge is -2.34. The Morgan fingerprint density at radius 2 is 1.83 bits per heavy atom. The number of halogens is 1. The number of piperazine rings is 1. The average molecular weight is 397 g/mol. The highest BCUT2D eigenvalue weighted by molar-refractivity contribution is 5.75. The van der Waals surface area contributed by atoms with Crippen LogP contribution in [0, 0.1) is 5.82 Å². The van der Waals surface area contributed by atoms with Crippen LogP contribution in [0.3, 0.4) is 0 Å². The van der Waals surface area contributed by atoms with Gasteiger partial charge in [-0.1, -0.05) is 5.16 Å². The zero-order valence-electron chi connectivity index (χ0n) is 15.8. The van der Waals surface area contributed by atoms with E-state index in [4.69, 9.17) is 4.52 Å². The van der Waals surface area contributed by atoms with Crippen LogP contribution in [0.25, 0.3) is 11.4 Å². The van der Waals surface area contributed by atoms with Crippen molar-refractivity contribution in [1.29, 1.82) is 0 Å². The molecule has 2 amide bonds. The highest BCUT2D eigenvalue weighted by atomic mass is 19.1. The molecule has 1 saturated heterocycles. The third-order valence-corrected chi connectivity index (χ3v) is 4.66. The number of nitrogens with one attached hydrogen (secondary N) is 1. The molecule has 0 saturated carbocycles. The first-order valence-corrected chi connectivity index (χ1v) is 9.27. The number of hydrogen-bond donors (Lipinski definition) is 1. The monoisotopic (exact) mass is 397 g/mol. The van der Waals surface area contributed by atoms with Gasteiger partial charge >= 0.3 is 6.03 Å².